The predicted molar refractivity (Wildman–Crippen MR) is 120 cm³/mol. The average Bonchev–Trinajstić information content (AvgIpc) is 3.25. The van der Waals surface area contributed by atoms with Gasteiger partial charge in [0.1, 0.15) is 11.5 Å². The molecule has 4 heterocycles. The van der Waals surface area contributed by atoms with E-state index in [-0.39, 0.29) is 5.91 Å². The number of carbonyl (C=O) groups excluding carboxylic acids is 1. The number of furan rings is 1. The molecule has 2 aromatic heterocycles. The van der Waals surface area contributed by atoms with Gasteiger partial charge in [-0.25, -0.2) is 0 Å². The van der Waals surface area contributed by atoms with Crippen LogP contribution in [0.15, 0.2) is 65.3 Å². The molecule has 160 valence electrons. The maximum absolute atomic E-state index is 12.7. The lowest BCUT2D eigenvalue weighted by molar-refractivity contribution is -0.142. The fourth-order valence-corrected chi connectivity index (χ4v) is 5.18. The minimum absolute atomic E-state index is 0.272. The Labute approximate surface area is 187 Å². The summed E-state index contributed by atoms with van der Waals surface area (Å²) in [6.07, 6.45) is 6.22. The van der Waals surface area contributed by atoms with Crippen LogP contribution < -0.4 is 0 Å². The van der Waals surface area contributed by atoms with Crippen molar-refractivity contribution in [1.29, 1.82) is 0 Å². The minimum Gasteiger partial charge on any atom is -0.460 e. The maximum Gasteiger partial charge on any atom is 0.223 e. The van der Waals surface area contributed by atoms with Crippen molar-refractivity contribution in [2.24, 2.45) is 5.92 Å². The maximum atomic E-state index is 12.7. The third-order valence-electron chi connectivity index (χ3n) is 6.48. The van der Waals surface area contributed by atoms with Crippen LogP contribution in [0.25, 0.3) is 11.3 Å². The van der Waals surface area contributed by atoms with E-state index in [1.54, 1.807) is 6.20 Å². The van der Waals surface area contributed by atoms with Gasteiger partial charge in [-0.3, -0.25) is 14.7 Å². The molecule has 0 spiro atoms. The summed E-state index contributed by atoms with van der Waals surface area (Å²) in [5.74, 6) is 2.53. The van der Waals surface area contributed by atoms with Gasteiger partial charge in [0.25, 0.3) is 0 Å². The molecule has 0 bridgehead atoms. The Morgan fingerprint density at radius 1 is 1.06 bits per heavy atom. The van der Waals surface area contributed by atoms with E-state index in [1.165, 1.54) is 0 Å². The Hall–Kier alpha value is -2.63. The number of pyridine rings is 1. The van der Waals surface area contributed by atoms with E-state index < -0.39 is 0 Å². The molecule has 1 amide bonds. The van der Waals surface area contributed by atoms with Gasteiger partial charge in [-0.05, 0) is 54.7 Å². The lowest BCUT2D eigenvalue weighted by Crippen LogP contribution is -2.55. The predicted octanol–water partition coefficient (Wildman–Crippen LogP) is 5.01. The summed E-state index contributed by atoms with van der Waals surface area (Å²) in [4.78, 5) is 21.4. The van der Waals surface area contributed by atoms with Crippen LogP contribution >= 0.6 is 11.6 Å². The normalized spacial score (nSPS) is 21.8. The molecule has 6 heteroatoms. The van der Waals surface area contributed by atoms with Gasteiger partial charge in [-0.2, -0.15) is 0 Å². The number of piperidine rings is 2. The quantitative estimate of drug-likeness (QED) is 0.565. The molecule has 2 atom stereocenters. The highest BCUT2D eigenvalue weighted by atomic mass is 35.5. The zero-order chi connectivity index (χ0) is 21.2. The second-order valence-corrected chi connectivity index (χ2v) is 8.93. The summed E-state index contributed by atoms with van der Waals surface area (Å²) < 4.78 is 6.11. The molecule has 1 aromatic carbocycles. The van der Waals surface area contributed by atoms with Gasteiger partial charge in [-0.15, -0.1) is 0 Å². The molecule has 2 fully saturated rings. The zero-order valence-corrected chi connectivity index (χ0v) is 18.2. The molecule has 0 N–H and O–H groups in total. The number of hydrogen-bond acceptors (Lipinski definition) is 4. The third kappa shape index (κ3) is 4.39. The fraction of sp³-hybridized carbons (Fsp3) is 0.360. The topological polar surface area (TPSA) is 49.6 Å². The zero-order valence-electron chi connectivity index (χ0n) is 17.4. The highest BCUT2D eigenvalue weighted by Gasteiger charge is 2.39. The Kier molecular flexibility index (Phi) is 5.79. The Morgan fingerprint density at radius 2 is 1.97 bits per heavy atom. The average molecular weight is 436 g/mol. The first-order chi connectivity index (χ1) is 15.2. The SMILES string of the molecule is O=C1CC[C@@H]2CN(Cc3ccc(-c4ccccc4Cl)o3)CC[C@@H]2N1Cc1cccnc1. The summed E-state index contributed by atoms with van der Waals surface area (Å²) in [6, 6.07) is 16.1. The third-order valence-corrected chi connectivity index (χ3v) is 6.81. The van der Waals surface area contributed by atoms with Crippen LogP contribution in [0.4, 0.5) is 0 Å². The second kappa shape index (κ2) is 8.85. The van der Waals surface area contributed by atoms with Crippen molar-refractivity contribution in [3.05, 3.63) is 77.3 Å². The first-order valence-electron chi connectivity index (χ1n) is 10.9. The van der Waals surface area contributed by atoms with Gasteiger partial charge in [-0.1, -0.05) is 29.8 Å². The van der Waals surface area contributed by atoms with E-state index in [2.05, 4.69) is 14.8 Å². The smallest absolute Gasteiger partial charge is 0.223 e. The molecule has 3 aromatic rings. The number of halogens is 1. The largest absolute Gasteiger partial charge is 0.460 e. The first-order valence-corrected chi connectivity index (χ1v) is 11.3. The lowest BCUT2D eigenvalue weighted by Gasteiger charge is -2.47. The highest BCUT2D eigenvalue weighted by molar-refractivity contribution is 6.33. The van der Waals surface area contributed by atoms with Crippen molar-refractivity contribution < 1.29 is 9.21 Å². The van der Waals surface area contributed by atoms with Crippen molar-refractivity contribution in [2.45, 2.75) is 38.4 Å². The van der Waals surface area contributed by atoms with E-state index in [0.717, 1.165) is 55.1 Å². The van der Waals surface area contributed by atoms with E-state index >= 15 is 0 Å². The van der Waals surface area contributed by atoms with Gasteiger partial charge in [0, 0.05) is 50.1 Å². The summed E-state index contributed by atoms with van der Waals surface area (Å²) in [6.45, 7) is 3.39. The number of benzene rings is 1. The fourth-order valence-electron chi connectivity index (χ4n) is 4.95. The van der Waals surface area contributed by atoms with E-state index in [0.29, 0.717) is 29.9 Å². The number of carbonyl (C=O) groups is 1. The summed E-state index contributed by atoms with van der Waals surface area (Å²) in [5.41, 5.74) is 2.02. The number of fused-ring (bicyclic) bond motifs is 1. The number of amides is 1. The Morgan fingerprint density at radius 3 is 2.81 bits per heavy atom. The van der Waals surface area contributed by atoms with Crippen LogP contribution in [0.5, 0.6) is 0 Å². The molecular weight excluding hydrogens is 410 g/mol. The van der Waals surface area contributed by atoms with Crippen molar-refractivity contribution in [1.82, 2.24) is 14.8 Å². The second-order valence-electron chi connectivity index (χ2n) is 8.52. The number of likely N-dealkylation sites (tertiary alicyclic amines) is 2. The standard InChI is InChI=1S/C25H26ClN3O2/c26-22-6-2-1-5-21(22)24-9-8-20(31-24)17-28-13-11-23-19(16-28)7-10-25(30)29(23)15-18-4-3-12-27-14-18/h1-6,8-9,12,14,19,23H,7,10-11,13,15-17H2/t19-,23+/m1/s1. The molecule has 31 heavy (non-hydrogen) atoms. The number of hydrogen-bond donors (Lipinski definition) is 0. The van der Waals surface area contributed by atoms with E-state index in [1.807, 2.05) is 54.7 Å². The van der Waals surface area contributed by atoms with Crippen LogP contribution in [0, 0.1) is 5.92 Å². The monoisotopic (exact) mass is 435 g/mol. The number of rotatable bonds is 5. The molecule has 2 aliphatic heterocycles. The number of aromatic nitrogens is 1. The van der Waals surface area contributed by atoms with Crippen LogP contribution in [0.2, 0.25) is 5.02 Å². The number of nitrogens with zero attached hydrogens (tertiary/aromatic N) is 3. The van der Waals surface area contributed by atoms with Gasteiger partial charge < -0.3 is 9.32 Å². The molecule has 0 aliphatic carbocycles. The molecular formula is C25H26ClN3O2. The molecule has 2 saturated heterocycles. The Bertz CT molecular complexity index is 1050. The molecule has 0 unspecified atom stereocenters. The van der Waals surface area contributed by atoms with Gasteiger partial charge in [0.2, 0.25) is 5.91 Å². The minimum atomic E-state index is 0.272. The summed E-state index contributed by atoms with van der Waals surface area (Å²) in [5, 5.41) is 0.699. The highest BCUT2D eigenvalue weighted by Crippen LogP contribution is 2.34. The van der Waals surface area contributed by atoms with Crippen molar-refractivity contribution in [3.8, 4) is 11.3 Å². The molecule has 2 aliphatic rings. The first kappa shape index (κ1) is 20.3. The molecule has 0 radical (unpaired) electrons. The van der Waals surface area contributed by atoms with E-state index in [4.69, 9.17) is 16.0 Å². The van der Waals surface area contributed by atoms with Gasteiger partial charge in [0.05, 0.1) is 11.6 Å². The van der Waals surface area contributed by atoms with E-state index in [9.17, 15) is 4.79 Å². The van der Waals surface area contributed by atoms with Crippen LogP contribution in [0.1, 0.15) is 30.6 Å². The summed E-state index contributed by atoms with van der Waals surface area (Å²) in [7, 11) is 0. The van der Waals surface area contributed by atoms with Gasteiger partial charge in [0.15, 0.2) is 0 Å². The van der Waals surface area contributed by atoms with Crippen LogP contribution in [-0.4, -0.2) is 39.8 Å². The summed E-state index contributed by atoms with van der Waals surface area (Å²) >= 11 is 6.31. The van der Waals surface area contributed by atoms with Gasteiger partial charge >= 0.3 is 0 Å². The molecule has 5 nitrogen and oxygen atoms in total. The Balaban J connectivity index is 1.24. The van der Waals surface area contributed by atoms with Crippen LogP contribution in [0.3, 0.4) is 0 Å². The lowest BCUT2D eigenvalue weighted by atomic mass is 9.83. The molecule has 0 saturated carbocycles. The van der Waals surface area contributed by atoms with Crippen molar-refractivity contribution >= 4 is 17.5 Å². The van der Waals surface area contributed by atoms with Crippen LogP contribution in [-0.2, 0) is 17.9 Å². The molecule has 5 rings (SSSR count). The van der Waals surface area contributed by atoms with Crippen molar-refractivity contribution in [3.63, 3.8) is 0 Å². The van der Waals surface area contributed by atoms with Crippen molar-refractivity contribution in [2.75, 3.05) is 13.1 Å².